The molecule has 2 aromatic rings. The van der Waals surface area contributed by atoms with Crippen molar-refractivity contribution in [2.45, 2.75) is 32.8 Å². The van der Waals surface area contributed by atoms with E-state index in [1.54, 1.807) is 6.07 Å². The largest absolute Gasteiger partial charge is 0.444 e. The predicted molar refractivity (Wildman–Crippen MR) is 94.6 cm³/mol. The lowest BCUT2D eigenvalue weighted by molar-refractivity contribution is 0.0529. The van der Waals surface area contributed by atoms with Gasteiger partial charge in [-0.25, -0.2) is 9.78 Å². The quantitative estimate of drug-likeness (QED) is 0.645. The molecule has 1 N–H and O–H groups in total. The van der Waals surface area contributed by atoms with Gasteiger partial charge >= 0.3 is 6.09 Å². The van der Waals surface area contributed by atoms with E-state index in [0.717, 1.165) is 22.9 Å². The van der Waals surface area contributed by atoms with Crippen LogP contribution in [0.15, 0.2) is 36.4 Å². The van der Waals surface area contributed by atoms with Gasteiger partial charge in [-0.15, -0.1) is 0 Å². The fraction of sp³-hybridized carbons (Fsp3) is 0.333. The van der Waals surface area contributed by atoms with E-state index in [9.17, 15) is 4.79 Å². The van der Waals surface area contributed by atoms with Crippen LogP contribution < -0.4 is 5.32 Å². The van der Waals surface area contributed by atoms with E-state index in [0.29, 0.717) is 11.7 Å². The first-order chi connectivity index (χ1) is 10.8. The van der Waals surface area contributed by atoms with Gasteiger partial charge in [0.05, 0.1) is 5.52 Å². The second-order valence-corrected chi connectivity index (χ2v) is 6.59. The average Bonchev–Trinajstić information content (AvgIpc) is 2.45. The number of aromatic nitrogens is 1. The van der Waals surface area contributed by atoms with Crippen LogP contribution in [0, 0.1) is 0 Å². The fourth-order valence-electron chi connectivity index (χ4n) is 2.01. The van der Waals surface area contributed by atoms with Gasteiger partial charge in [-0.05, 0) is 57.0 Å². The first-order valence-electron chi connectivity index (χ1n) is 7.53. The van der Waals surface area contributed by atoms with Crippen molar-refractivity contribution >= 4 is 34.7 Å². The molecular weight excluding hydrogens is 312 g/mol. The Morgan fingerprint density at radius 1 is 1.30 bits per heavy atom. The molecule has 0 saturated heterocycles. The molecule has 122 valence electrons. The molecule has 5 heteroatoms. The third kappa shape index (κ3) is 5.91. The molecule has 0 aliphatic rings. The molecule has 0 aliphatic heterocycles. The van der Waals surface area contributed by atoms with Crippen LogP contribution in [0.1, 0.15) is 32.8 Å². The van der Waals surface area contributed by atoms with Crippen molar-refractivity contribution in [2.24, 2.45) is 0 Å². The molecule has 0 aliphatic carbocycles. The number of alkyl carbamates (subject to hydrolysis) is 1. The van der Waals surface area contributed by atoms with Gasteiger partial charge in [0.25, 0.3) is 0 Å². The van der Waals surface area contributed by atoms with Crippen molar-refractivity contribution in [3.8, 4) is 0 Å². The number of nitrogens with one attached hydrogen (secondary N) is 1. The Balaban J connectivity index is 1.84. The maximum atomic E-state index is 11.5. The van der Waals surface area contributed by atoms with E-state index in [2.05, 4.69) is 16.4 Å². The highest BCUT2D eigenvalue weighted by molar-refractivity contribution is 6.29. The zero-order valence-electron chi connectivity index (χ0n) is 13.6. The normalized spacial score (nSPS) is 11.8. The van der Waals surface area contributed by atoms with Crippen LogP contribution in [-0.4, -0.2) is 23.2 Å². The minimum Gasteiger partial charge on any atom is -0.444 e. The van der Waals surface area contributed by atoms with Crippen molar-refractivity contribution < 1.29 is 9.53 Å². The fourth-order valence-corrected chi connectivity index (χ4v) is 2.17. The molecular formula is C18H21ClN2O2. The standard InChI is InChI=1S/C18H21ClN2O2/c1-18(2,3)23-17(22)20-11-5-4-6-13-7-9-15-14(12-13)8-10-16(19)21-15/h4,6-10,12H,5,11H2,1-3H3,(H,20,22). The summed E-state index contributed by atoms with van der Waals surface area (Å²) in [6.45, 7) is 6.06. The second-order valence-electron chi connectivity index (χ2n) is 6.21. The summed E-state index contributed by atoms with van der Waals surface area (Å²) in [7, 11) is 0. The van der Waals surface area contributed by atoms with Crippen molar-refractivity contribution in [2.75, 3.05) is 6.54 Å². The first kappa shape index (κ1) is 17.3. The highest BCUT2D eigenvalue weighted by Crippen LogP contribution is 2.17. The molecule has 0 atom stereocenters. The Hall–Kier alpha value is -2.07. The predicted octanol–water partition coefficient (Wildman–Crippen LogP) is 4.82. The van der Waals surface area contributed by atoms with E-state index in [4.69, 9.17) is 16.3 Å². The van der Waals surface area contributed by atoms with Gasteiger partial charge in [0.2, 0.25) is 0 Å². The first-order valence-corrected chi connectivity index (χ1v) is 7.91. The zero-order valence-corrected chi connectivity index (χ0v) is 14.4. The Labute approximate surface area is 141 Å². The van der Waals surface area contributed by atoms with Crippen LogP contribution in [0.3, 0.4) is 0 Å². The molecule has 0 unspecified atom stereocenters. The molecule has 0 spiro atoms. The van der Waals surface area contributed by atoms with Crippen molar-refractivity contribution in [3.05, 3.63) is 47.1 Å². The van der Waals surface area contributed by atoms with E-state index >= 15 is 0 Å². The lowest BCUT2D eigenvalue weighted by Gasteiger charge is -2.19. The van der Waals surface area contributed by atoms with E-state index < -0.39 is 5.60 Å². The maximum absolute atomic E-state index is 11.5. The average molecular weight is 333 g/mol. The number of fused-ring (bicyclic) bond motifs is 1. The minimum absolute atomic E-state index is 0.389. The molecule has 2 rings (SSSR count). The Bertz CT molecular complexity index is 721. The van der Waals surface area contributed by atoms with E-state index in [1.165, 1.54) is 0 Å². The monoisotopic (exact) mass is 332 g/mol. The third-order valence-electron chi connectivity index (χ3n) is 2.97. The summed E-state index contributed by atoms with van der Waals surface area (Å²) in [4.78, 5) is 15.7. The summed E-state index contributed by atoms with van der Waals surface area (Å²) in [6, 6.07) is 9.72. The molecule has 1 aromatic heterocycles. The summed E-state index contributed by atoms with van der Waals surface area (Å²) in [5, 5.41) is 4.26. The topological polar surface area (TPSA) is 51.2 Å². The third-order valence-corrected chi connectivity index (χ3v) is 3.18. The number of pyridine rings is 1. The second kappa shape index (κ2) is 7.47. The lowest BCUT2D eigenvalue weighted by atomic mass is 10.1. The molecule has 0 bridgehead atoms. The highest BCUT2D eigenvalue weighted by Gasteiger charge is 2.15. The van der Waals surface area contributed by atoms with Crippen molar-refractivity contribution in [3.63, 3.8) is 0 Å². The number of carbonyl (C=O) groups excluding carboxylic acids is 1. The summed E-state index contributed by atoms with van der Waals surface area (Å²) < 4.78 is 5.17. The SMILES string of the molecule is CC(C)(C)OC(=O)NCCC=Cc1ccc2nc(Cl)ccc2c1. The molecule has 4 nitrogen and oxygen atoms in total. The number of rotatable bonds is 4. The molecule has 23 heavy (non-hydrogen) atoms. The minimum atomic E-state index is -0.470. The van der Waals surface area contributed by atoms with Gasteiger partial charge in [-0.1, -0.05) is 29.8 Å². The summed E-state index contributed by atoms with van der Waals surface area (Å²) >= 11 is 5.87. The van der Waals surface area contributed by atoms with Crippen molar-refractivity contribution in [1.29, 1.82) is 0 Å². The number of hydrogen-bond acceptors (Lipinski definition) is 3. The van der Waals surface area contributed by atoms with E-state index in [-0.39, 0.29) is 6.09 Å². The number of hydrogen-bond donors (Lipinski definition) is 1. The van der Waals surface area contributed by atoms with Gasteiger partial charge in [0.15, 0.2) is 0 Å². The Morgan fingerprint density at radius 3 is 2.83 bits per heavy atom. The number of nitrogens with zero attached hydrogens (tertiary/aromatic N) is 1. The number of ether oxygens (including phenoxy) is 1. The number of carbonyl (C=O) groups is 1. The molecule has 0 fully saturated rings. The summed E-state index contributed by atoms with van der Waals surface area (Å²) in [6.07, 6.45) is 4.38. The van der Waals surface area contributed by atoms with Gasteiger partial charge in [0.1, 0.15) is 10.8 Å². The number of halogens is 1. The van der Waals surface area contributed by atoms with Gasteiger partial charge in [-0.2, -0.15) is 0 Å². The van der Waals surface area contributed by atoms with Crippen LogP contribution >= 0.6 is 11.6 Å². The van der Waals surface area contributed by atoms with Gasteiger partial charge < -0.3 is 10.1 Å². The smallest absolute Gasteiger partial charge is 0.407 e. The Kier molecular flexibility index (Phi) is 5.61. The van der Waals surface area contributed by atoms with Crippen LogP contribution in [0.2, 0.25) is 5.15 Å². The highest BCUT2D eigenvalue weighted by atomic mass is 35.5. The van der Waals surface area contributed by atoms with E-state index in [1.807, 2.05) is 51.1 Å². The van der Waals surface area contributed by atoms with Gasteiger partial charge in [0, 0.05) is 11.9 Å². The lowest BCUT2D eigenvalue weighted by Crippen LogP contribution is -2.32. The van der Waals surface area contributed by atoms with Crippen LogP contribution in [0.4, 0.5) is 4.79 Å². The van der Waals surface area contributed by atoms with Crippen molar-refractivity contribution in [1.82, 2.24) is 10.3 Å². The summed E-state index contributed by atoms with van der Waals surface area (Å²) in [5.74, 6) is 0. The molecule has 0 saturated carbocycles. The molecule has 1 aromatic carbocycles. The van der Waals surface area contributed by atoms with Crippen LogP contribution in [-0.2, 0) is 4.74 Å². The number of amides is 1. The summed E-state index contributed by atoms with van der Waals surface area (Å²) in [5.41, 5.74) is 1.49. The van der Waals surface area contributed by atoms with Crippen LogP contribution in [0.25, 0.3) is 17.0 Å². The molecule has 1 amide bonds. The Morgan fingerprint density at radius 2 is 2.09 bits per heavy atom. The number of benzene rings is 1. The van der Waals surface area contributed by atoms with Gasteiger partial charge in [-0.3, -0.25) is 0 Å². The zero-order chi connectivity index (χ0) is 16.9. The van der Waals surface area contributed by atoms with Crippen LogP contribution in [0.5, 0.6) is 0 Å². The molecule has 1 heterocycles. The maximum Gasteiger partial charge on any atom is 0.407 e. The molecule has 0 radical (unpaired) electrons.